The van der Waals surface area contributed by atoms with Crippen molar-refractivity contribution in [3.8, 4) is 0 Å². The molecule has 0 heterocycles. The summed E-state index contributed by atoms with van der Waals surface area (Å²) in [5, 5.41) is 14.6. The molecule has 0 aliphatic carbocycles. The molecule has 3 atom stereocenters. The van der Waals surface area contributed by atoms with Gasteiger partial charge in [-0.1, -0.05) is 84.9 Å². The molecule has 0 bridgehead atoms. The second-order valence-corrected chi connectivity index (χ2v) is 10.2. The molecule has 0 aliphatic rings. The van der Waals surface area contributed by atoms with Gasteiger partial charge in [0.2, 0.25) is 11.8 Å². The summed E-state index contributed by atoms with van der Waals surface area (Å²) >= 11 is 1.47. The lowest BCUT2D eigenvalue weighted by molar-refractivity contribution is -0.138. The minimum Gasteiger partial charge on any atom is -0.480 e. The summed E-state index contributed by atoms with van der Waals surface area (Å²) in [6.45, 7) is 1.86. The third-order valence-electron chi connectivity index (χ3n) is 6.11. The molecular formula is C30H33N3O5S. The Labute approximate surface area is 232 Å². The number of carboxylic acid groups (broad SMARTS) is 1. The van der Waals surface area contributed by atoms with Gasteiger partial charge in [-0.25, -0.2) is 0 Å². The number of rotatable bonds is 14. The normalized spacial score (nSPS) is 13.1. The number of ketones is 1. The Bertz CT molecular complexity index is 1250. The second-order valence-electron chi connectivity index (χ2n) is 9.15. The fourth-order valence-corrected chi connectivity index (χ4v) is 4.82. The Morgan fingerprint density at radius 3 is 2.05 bits per heavy atom. The lowest BCUT2D eigenvalue weighted by Crippen LogP contribution is -2.49. The summed E-state index contributed by atoms with van der Waals surface area (Å²) in [4.78, 5) is 49.2. The van der Waals surface area contributed by atoms with Crippen LogP contribution in [0.4, 0.5) is 0 Å². The Morgan fingerprint density at radius 2 is 1.44 bits per heavy atom. The van der Waals surface area contributed by atoms with Crippen molar-refractivity contribution in [1.82, 2.24) is 10.6 Å². The van der Waals surface area contributed by atoms with E-state index in [-0.39, 0.29) is 30.6 Å². The van der Waals surface area contributed by atoms with Crippen LogP contribution in [0.3, 0.4) is 0 Å². The average Bonchev–Trinajstić information content (AvgIpc) is 2.96. The van der Waals surface area contributed by atoms with Gasteiger partial charge in [0.25, 0.3) is 0 Å². The topological polar surface area (TPSA) is 139 Å². The summed E-state index contributed by atoms with van der Waals surface area (Å²) in [5.41, 5.74) is 8.63. The molecule has 3 aromatic carbocycles. The first-order valence-electron chi connectivity index (χ1n) is 12.6. The summed E-state index contributed by atoms with van der Waals surface area (Å²) < 4.78 is 0. The molecule has 9 heteroatoms. The first-order chi connectivity index (χ1) is 18.7. The third-order valence-corrected chi connectivity index (χ3v) is 7.22. The molecule has 0 unspecified atom stereocenters. The molecule has 3 rings (SSSR count). The minimum atomic E-state index is -1.18. The van der Waals surface area contributed by atoms with Crippen LogP contribution in [0.25, 0.3) is 0 Å². The van der Waals surface area contributed by atoms with E-state index in [2.05, 4.69) is 10.6 Å². The Kier molecular flexibility index (Phi) is 11.3. The molecule has 0 saturated heterocycles. The molecule has 204 valence electrons. The van der Waals surface area contributed by atoms with Crippen molar-refractivity contribution in [2.45, 2.75) is 43.6 Å². The van der Waals surface area contributed by atoms with E-state index < -0.39 is 24.0 Å². The molecule has 0 radical (unpaired) electrons. The minimum absolute atomic E-state index is 0.0306. The number of hydrogen-bond donors (Lipinski definition) is 4. The van der Waals surface area contributed by atoms with Crippen LogP contribution >= 0.6 is 11.8 Å². The van der Waals surface area contributed by atoms with Gasteiger partial charge in [0.05, 0.1) is 6.04 Å². The van der Waals surface area contributed by atoms with Crippen LogP contribution in [0, 0.1) is 0 Å². The number of amides is 2. The molecule has 3 aromatic rings. The Morgan fingerprint density at radius 1 is 0.846 bits per heavy atom. The molecule has 5 N–H and O–H groups in total. The standard InChI is InChI=1S/C30H33N3O5S/c1-20(22-8-4-2-5-9-22)32-29(36)26(33-27(34)17-16-25(31)30(37)38)19-39-18-21-12-14-24(15-13-21)28(35)23-10-6-3-7-11-23/h2-15,20,25-26H,16-19,31H2,1H3,(H,32,36)(H,33,34)(H,37,38)/t20-,25-,26-/m0/s1. The number of nitrogens with two attached hydrogens (primary N) is 1. The number of aliphatic carboxylic acids is 1. The maximum atomic E-state index is 13.1. The Hall–Kier alpha value is -3.95. The maximum absolute atomic E-state index is 13.1. The molecular weight excluding hydrogens is 514 g/mol. The molecule has 0 saturated carbocycles. The van der Waals surface area contributed by atoms with E-state index in [1.54, 1.807) is 24.3 Å². The summed E-state index contributed by atoms with van der Waals surface area (Å²) in [5.74, 6) is -1.14. The Balaban J connectivity index is 1.60. The van der Waals surface area contributed by atoms with Gasteiger partial charge in [-0.15, -0.1) is 0 Å². The van der Waals surface area contributed by atoms with Crippen LogP contribution in [0.1, 0.15) is 52.9 Å². The van der Waals surface area contributed by atoms with Crippen molar-refractivity contribution in [3.63, 3.8) is 0 Å². The van der Waals surface area contributed by atoms with Gasteiger partial charge in [0.1, 0.15) is 12.1 Å². The highest BCUT2D eigenvalue weighted by atomic mass is 32.2. The molecule has 0 aliphatic heterocycles. The largest absolute Gasteiger partial charge is 0.480 e. The number of thioether (sulfide) groups is 1. The molecule has 8 nitrogen and oxygen atoms in total. The van der Waals surface area contributed by atoms with Gasteiger partial charge in [-0.3, -0.25) is 19.2 Å². The van der Waals surface area contributed by atoms with E-state index in [0.29, 0.717) is 22.6 Å². The van der Waals surface area contributed by atoms with Crippen molar-refractivity contribution < 1.29 is 24.3 Å². The predicted molar refractivity (Wildman–Crippen MR) is 152 cm³/mol. The van der Waals surface area contributed by atoms with Crippen molar-refractivity contribution in [2.75, 3.05) is 5.75 Å². The molecule has 0 fully saturated rings. The van der Waals surface area contributed by atoms with Crippen molar-refractivity contribution in [1.29, 1.82) is 0 Å². The van der Waals surface area contributed by atoms with E-state index >= 15 is 0 Å². The third kappa shape index (κ3) is 9.38. The highest BCUT2D eigenvalue weighted by Gasteiger charge is 2.23. The van der Waals surface area contributed by atoms with E-state index in [1.807, 2.05) is 67.6 Å². The second kappa shape index (κ2) is 14.8. The lowest BCUT2D eigenvalue weighted by Gasteiger charge is -2.22. The fourth-order valence-electron chi connectivity index (χ4n) is 3.80. The maximum Gasteiger partial charge on any atom is 0.320 e. The van der Waals surface area contributed by atoms with Crippen LogP contribution in [-0.2, 0) is 20.1 Å². The van der Waals surface area contributed by atoms with Gasteiger partial charge in [0, 0.05) is 29.1 Å². The van der Waals surface area contributed by atoms with Crippen molar-refractivity contribution >= 4 is 35.3 Å². The molecule has 0 aromatic heterocycles. The lowest BCUT2D eigenvalue weighted by atomic mass is 10.0. The van der Waals surface area contributed by atoms with Gasteiger partial charge in [-0.05, 0) is 24.5 Å². The van der Waals surface area contributed by atoms with Gasteiger partial charge < -0.3 is 21.5 Å². The summed E-state index contributed by atoms with van der Waals surface area (Å²) in [6, 6.07) is 23.6. The van der Waals surface area contributed by atoms with Gasteiger partial charge in [0.15, 0.2) is 5.78 Å². The number of carboxylic acids is 1. The monoisotopic (exact) mass is 547 g/mol. The van der Waals surface area contributed by atoms with Crippen LogP contribution in [0.15, 0.2) is 84.9 Å². The molecule has 0 spiro atoms. The van der Waals surface area contributed by atoms with Crippen LogP contribution in [-0.4, -0.2) is 46.5 Å². The van der Waals surface area contributed by atoms with Gasteiger partial charge in [-0.2, -0.15) is 11.8 Å². The zero-order valence-corrected chi connectivity index (χ0v) is 22.5. The number of hydrogen-bond acceptors (Lipinski definition) is 6. The summed E-state index contributed by atoms with van der Waals surface area (Å²) in [7, 11) is 0. The van der Waals surface area contributed by atoms with Crippen LogP contribution in [0.2, 0.25) is 0 Å². The van der Waals surface area contributed by atoms with E-state index in [0.717, 1.165) is 11.1 Å². The van der Waals surface area contributed by atoms with Crippen LogP contribution in [0.5, 0.6) is 0 Å². The average molecular weight is 548 g/mol. The zero-order valence-electron chi connectivity index (χ0n) is 21.7. The number of nitrogens with one attached hydrogen (secondary N) is 2. The van der Waals surface area contributed by atoms with Crippen LogP contribution < -0.4 is 16.4 Å². The highest BCUT2D eigenvalue weighted by molar-refractivity contribution is 7.98. The van der Waals surface area contributed by atoms with E-state index in [9.17, 15) is 19.2 Å². The smallest absolute Gasteiger partial charge is 0.320 e. The summed E-state index contributed by atoms with van der Waals surface area (Å²) in [6.07, 6.45) is -0.135. The highest BCUT2D eigenvalue weighted by Crippen LogP contribution is 2.18. The number of benzene rings is 3. The van der Waals surface area contributed by atoms with E-state index in [1.165, 1.54) is 11.8 Å². The number of carbonyl (C=O) groups is 4. The quantitative estimate of drug-likeness (QED) is 0.226. The zero-order chi connectivity index (χ0) is 28.2. The first-order valence-corrected chi connectivity index (χ1v) is 13.8. The van der Waals surface area contributed by atoms with Crippen molar-refractivity contribution in [3.05, 3.63) is 107 Å². The van der Waals surface area contributed by atoms with Crippen molar-refractivity contribution in [2.24, 2.45) is 5.73 Å². The van der Waals surface area contributed by atoms with E-state index in [4.69, 9.17) is 10.8 Å². The predicted octanol–water partition coefficient (Wildman–Crippen LogP) is 3.71. The number of carbonyl (C=O) groups excluding carboxylic acids is 3. The molecule has 2 amide bonds. The SMILES string of the molecule is C[C@H](NC(=O)[C@H](CSCc1ccc(C(=O)c2ccccc2)cc1)NC(=O)CC[C@H](N)C(=O)O)c1ccccc1. The van der Waals surface area contributed by atoms with Gasteiger partial charge >= 0.3 is 5.97 Å². The first kappa shape index (κ1) is 29.6. The molecule has 39 heavy (non-hydrogen) atoms. The fraction of sp³-hybridized carbons (Fsp3) is 0.267.